The van der Waals surface area contributed by atoms with E-state index >= 15 is 0 Å². The Morgan fingerprint density at radius 1 is 0.963 bits per heavy atom. The van der Waals surface area contributed by atoms with Gasteiger partial charge in [0.05, 0.1) is 23.3 Å². The lowest BCUT2D eigenvalue weighted by Crippen LogP contribution is -1.95. The number of nitriles is 2. The van der Waals surface area contributed by atoms with Crippen LogP contribution in [0.3, 0.4) is 0 Å². The highest BCUT2D eigenvalue weighted by Crippen LogP contribution is 2.21. The summed E-state index contributed by atoms with van der Waals surface area (Å²) in [4.78, 5) is 0. The molecule has 0 spiro atoms. The van der Waals surface area contributed by atoms with E-state index in [1.54, 1.807) is 24.3 Å². The van der Waals surface area contributed by atoms with E-state index < -0.39 is 0 Å². The second kappa shape index (κ2) is 8.52. The Balaban J connectivity index is 1.72. The van der Waals surface area contributed by atoms with Gasteiger partial charge in [-0.15, -0.1) is 0 Å². The summed E-state index contributed by atoms with van der Waals surface area (Å²) in [5, 5.41) is 18.5. The molecule has 0 radical (unpaired) electrons. The SMILES string of the molecule is Cc1ccc(COc2ccc(/C=C(/C#N)c3cccc(C#N)c3)cc2)cc1. The summed E-state index contributed by atoms with van der Waals surface area (Å²) < 4.78 is 5.81. The number of aryl methyl sites for hydroxylation is 1. The van der Waals surface area contributed by atoms with E-state index in [-0.39, 0.29) is 0 Å². The minimum Gasteiger partial charge on any atom is -0.489 e. The molecule has 0 bridgehead atoms. The Labute approximate surface area is 159 Å². The predicted octanol–water partition coefficient (Wildman–Crippen LogP) is 5.51. The Kier molecular flexibility index (Phi) is 5.67. The quantitative estimate of drug-likeness (QED) is 0.450. The molecule has 0 saturated carbocycles. The monoisotopic (exact) mass is 350 g/mol. The third-order valence-corrected chi connectivity index (χ3v) is 4.14. The van der Waals surface area contributed by atoms with Gasteiger partial charge in [-0.25, -0.2) is 0 Å². The van der Waals surface area contributed by atoms with Crippen molar-refractivity contribution in [1.29, 1.82) is 10.5 Å². The van der Waals surface area contributed by atoms with E-state index in [4.69, 9.17) is 10.00 Å². The van der Waals surface area contributed by atoms with Gasteiger partial charge in [0.25, 0.3) is 0 Å². The molecule has 3 rings (SSSR count). The minimum atomic E-state index is 0.514. The second-order valence-corrected chi connectivity index (χ2v) is 6.21. The van der Waals surface area contributed by atoms with Crippen molar-refractivity contribution in [3.63, 3.8) is 0 Å². The number of hydrogen-bond acceptors (Lipinski definition) is 3. The van der Waals surface area contributed by atoms with Crippen LogP contribution in [0.25, 0.3) is 11.6 Å². The number of benzene rings is 3. The maximum Gasteiger partial charge on any atom is 0.119 e. The van der Waals surface area contributed by atoms with Gasteiger partial charge in [0.1, 0.15) is 12.4 Å². The van der Waals surface area contributed by atoms with Gasteiger partial charge in [-0.1, -0.05) is 54.1 Å². The minimum absolute atomic E-state index is 0.514. The molecule has 0 amide bonds. The lowest BCUT2D eigenvalue weighted by Gasteiger charge is -2.07. The number of rotatable bonds is 5. The first-order valence-corrected chi connectivity index (χ1v) is 8.59. The first-order valence-electron chi connectivity index (χ1n) is 8.59. The number of hydrogen-bond donors (Lipinski definition) is 0. The van der Waals surface area contributed by atoms with Crippen LogP contribution in [0.1, 0.15) is 27.8 Å². The molecule has 0 aliphatic rings. The summed E-state index contributed by atoms with van der Waals surface area (Å²) >= 11 is 0. The van der Waals surface area contributed by atoms with Gasteiger partial charge in [-0.2, -0.15) is 10.5 Å². The van der Waals surface area contributed by atoms with Gasteiger partial charge >= 0.3 is 0 Å². The fourth-order valence-electron chi connectivity index (χ4n) is 2.61. The summed E-state index contributed by atoms with van der Waals surface area (Å²) in [5.41, 5.74) is 5.03. The van der Waals surface area contributed by atoms with Crippen LogP contribution in [0.2, 0.25) is 0 Å². The van der Waals surface area contributed by atoms with Crippen LogP contribution in [0.15, 0.2) is 72.8 Å². The molecule has 3 nitrogen and oxygen atoms in total. The van der Waals surface area contributed by atoms with Gasteiger partial charge in [0.15, 0.2) is 0 Å². The third-order valence-electron chi connectivity index (χ3n) is 4.14. The summed E-state index contributed by atoms with van der Waals surface area (Å²) in [7, 11) is 0. The van der Waals surface area contributed by atoms with Crippen molar-refractivity contribution >= 4 is 11.6 Å². The molecular weight excluding hydrogens is 332 g/mol. The summed E-state index contributed by atoms with van der Waals surface area (Å²) in [5.74, 6) is 0.776. The Morgan fingerprint density at radius 3 is 2.37 bits per heavy atom. The molecule has 0 unspecified atom stereocenters. The van der Waals surface area contributed by atoms with Crippen molar-refractivity contribution in [2.75, 3.05) is 0 Å². The third kappa shape index (κ3) is 4.84. The fraction of sp³-hybridized carbons (Fsp3) is 0.0833. The molecule has 3 aromatic carbocycles. The smallest absolute Gasteiger partial charge is 0.119 e. The van der Waals surface area contributed by atoms with E-state index in [0.29, 0.717) is 17.7 Å². The van der Waals surface area contributed by atoms with E-state index in [2.05, 4.69) is 43.3 Å². The molecule has 3 aromatic rings. The molecule has 0 saturated heterocycles. The molecule has 0 atom stereocenters. The van der Waals surface area contributed by atoms with Crippen LogP contribution in [0.4, 0.5) is 0 Å². The molecular formula is C24H18N2O. The maximum absolute atomic E-state index is 9.46. The lowest BCUT2D eigenvalue weighted by molar-refractivity contribution is 0.306. The summed E-state index contributed by atoms with van der Waals surface area (Å²) in [6, 6.07) is 27.2. The molecule has 27 heavy (non-hydrogen) atoms. The molecule has 0 aliphatic carbocycles. The van der Waals surface area contributed by atoms with E-state index in [1.807, 2.05) is 30.3 Å². The number of nitrogens with zero attached hydrogens (tertiary/aromatic N) is 2. The predicted molar refractivity (Wildman–Crippen MR) is 107 cm³/mol. The van der Waals surface area contributed by atoms with Crippen LogP contribution in [0, 0.1) is 29.6 Å². The molecule has 0 N–H and O–H groups in total. The normalized spacial score (nSPS) is 10.7. The van der Waals surface area contributed by atoms with Crippen LogP contribution in [-0.4, -0.2) is 0 Å². The number of ether oxygens (including phenoxy) is 1. The average molecular weight is 350 g/mol. The lowest BCUT2D eigenvalue weighted by atomic mass is 10.0. The Morgan fingerprint density at radius 2 is 1.70 bits per heavy atom. The average Bonchev–Trinajstić information content (AvgIpc) is 2.72. The van der Waals surface area contributed by atoms with Crippen LogP contribution in [-0.2, 0) is 6.61 Å². The van der Waals surface area contributed by atoms with Gasteiger partial charge in [0, 0.05) is 0 Å². The van der Waals surface area contributed by atoms with Crippen molar-refractivity contribution < 1.29 is 4.74 Å². The topological polar surface area (TPSA) is 56.8 Å². The first-order chi connectivity index (χ1) is 13.2. The van der Waals surface area contributed by atoms with Crippen molar-refractivity contribution in [2.45, 2.75) is 13.5 Å². The van der Waals surface area contributed by atoms with Gasteiger partial charge in [-0.3, -0.25) is 0 Å². The van der Waals surface area contributed by atoms with Crippen LogP contribution >= 0.6 is 0 Å². The van der Waals surface area contributed by atoms with Crippen molar-refractivity contribution in [2.24, 2.45) is 0 Å². The zero-order valence-electron chi connectivity index (χ0n) is 15.0. The highest BCUT2D eigenvalue weighted by atomic mass is 16.5. The molecule has 0 aromatic heterocycles. The van der Waals surface area contributed by atoms with Gasteiger partial charge < -0.3 is 4.74 Å². The summed E-state index contributed by atoms with van der Waals surface area (Å²) in [6.07, 6.45) is 1.81. The molecule has 0 aliphatic heterocycles. The molecule has 3 heteroatoms. The maximum atomic E-state index is 9.46. The van der Waals surface area contributed by atoms with Crippen molar-refractivity contribution in [1.82, 2.24) is 0 Å². The van der Waals surface area contributed by atoms with Crippen LogP contribution < -0.4 is 4.74 Å². The van der Waals surface area contributed by atoms with Gasteiger partial charge in [-0.05, 0) is 54.0 Å². The standard InChI is InChI=1S/C24H18N2O/c1-18-5-7-20(8-6-18)17-27-24-11-9-19(10-12-24)13-23(16-26)22-4-2-3-21(14-22)15-25/h2-14H,17H2,1H3/b23-13-. The van der Waals surface area contributed by atoms with Crippen molar-refractivity contribution in [3.8, 4) is 17.9 Å². The molecule has 0 heterocycles. The molecule has 130 valence electrons. The number of allylic oxidation sites excluding steroid dienone is 1. The fourth-order valence-corrected chi connectivity index (χ4v) is 2.61. The van der Waals surface area contributed by atoms with Gasteiger partial charge in [0.2, 0.25) is 0 Å². The van der Waals surface area contributed by atoms with E-state index in [1.165, 1.54) is 5.56 Å². The van der Waals surface area contributed by atoms with E-state index in [0.717, 1.165) is 22.4 Å². The molecule has 0 fully saturated rings. The Hall–Kier alpha value is -3.82. The zero-order chi connectivity index (χ0) is 19.1. The highest BCUT2D eigenvalue weighted by Gasteiger charge is 2.03. The largest absolute Gasteiger partial charge is 0.489 e. The Bertz CT molecular complexity index is 1030. The van der Waals surface area contributed by atoms with Crippen LogP contribution in [0.5, 0.6) is 5.75 Å². The zero-order valence-corrected chi connectivity index (χ0v) is 15.0. The highest BCUT2D eigenvalue weighted by molar-refractivity contribution is 5.89. The van der Waals surface area contributed by atoms with E-state index in [9.17, 15) is 5.26 Å². The first kappa shape index (κ1) is 18.0. The summed E-state index contributed by atoms with van der Waals surface area (Å²) in [6.45, 7) is 2.57. The second-order valence-electron chi connectivity index (χ2n) is 6.21. The van der Waals surface area contributed by atoms with Crippen molar-refractivity contribution in [3.05, 3.63) is 101 Å².